The lowest BCUT2D eigenvalue weighted by Crippen LogP contribution is -2.35. The van der Waals surface area contributed by atoms with Gasteiger partial charge in [0.25, 0.3) is 0 Å². The Morgan fingerprint density at radius 3 is 2.57 bits per heavy atom. The van der Waals surface area contributed by atoms with Gasteiger partial charge in [-0.05, 0) is 86.4 Å². The Labute approximate surface area is 165 Å². The molecule has 0 amide bonds. The second kappa shape index (κ2) is 6.85. The fourth-order valence-electron chi connectivity index (χ4n) is 5.20. The van der Waals surface area contributed by atoms with Crippen molar-refractivity contribution in [2.24, 2.45) is 11.8 Å². The first-order chi connectivity index (χ1) is 13.6. The molecule has 28 heavy (non-hydrogen) atoms. The third-order valence-corrected chi connectivity index (χ3v) is 6.76. The number of hydrogen-bond acceptors (Lipinski definition) is 2. The molecule has 144 valence electrons. The van der Waals surface area contributed by atoms with Crippen LogP contribution in [-0.2, 0) is 12.8 Å². The number of benzene rings is 2. The molecule has 2 bridgehead atoms. The largest absolute Gasteiger partial charge is 0.316 e. The van der Waals surface area contributed by atoms with Gasteiger partial charge in [0.1, 0.15) is 5.82 Å². The molecular formula is C24H26FN3. The predicted octanol–water partition coefficient (Wildman–Crippen LogP) is 4.70. The van der Waals surface area contributed by atoms with E-state index in [2.05, 4.69) is 35.5 Å². The number of fused-ring (bicyclic) bond motifs is 3. The normalized spacial score (nSPS) is 23.5. The Kier molecular flexibility index (Phi) is 4.31. The number of halogens is 1. The molecule has 3 atom stereocenters. The summed E-state index contributed by atoms with van der Waals surface area (Å²) in [5.41, 5.74) is 6.50. The zero-order valence-corrected chi connectivity index (χ0v) is 16.5. The van der Waals surface area contributed by atoms with Crippen molar-refractivity contribution in [3.8, 4) is 16.9 Å². The Bertz CT molecular complexity index is 1020. The fraction of sp³-hybridized carbons (Fsp3) is 0.375. The van der Waals surface area contributed by atoms with Gasteiger partial charge in [0.05, 0.1) is 12.0 Å². The average molecular weight is 375 g/mol. The van der Waals surface area contributed by atoms with Crippen LogP contribution < -0.4 is 5.32 Å². The molecule has 1 N–H and O–H groups in total. The minimum Gasteiger partial charge on any atom is -0.316 e. The SMILES string of the molecule is CNC1[C@@H]2CC[C@H]1Cc1ccc(-c3cn(-c4ccc(C)c(F)c4)cn3)cc1C2. The predicted molar refractivity (Wildman–Crippen MR) is 110 cm³/mol. The van der Waals surface area contributed by atoms with Crippen LogP contribution >= 0.6 is 0 Å². The summed E-state index contributed by atoms with van der Waals surface area (Å²) in [4.78, 5) is 4.59. The number of hydrogen-bond donors (Lipinski definition) is 1. The van der Waals surface area contributed by atoms with Crippen LogP contribution in [0.4, 0.5) is 4.39 Å². The Morgan fingerprint density at radius 2 is 1.82 bits per heavy atom. The van der Waals surface area contributed by atoms with E-state index in [4.69, 9.17) is 0 Å². The molecule has 2 aliphatic rings. The van der Waals surface area contributed by atoms with Crippen LogP contribution in [-0.4, -0.2) is 22.6 Å². The van der Waals surface area contributed by atoms with Crippen LogP contribution in [0.25, 0.3) is 16.9 Å². The molecule has 1 fully saturated rings. The van der Waals surface area contributed by atoms with Crippen molar-refractivity contribution in [3.05, 3.63) is 71.4 Å². The summed E-state index contributed by atoms with van der Waals surface area (Å²) in [7, 11) is 2.11. The molecule has 2 aliphatic carbocycles. The summed E-state index contributed by atoms with van der Waals surface area (Å²) in [5, 5.41) is 3.57. The summed E-state index contributed by atoms with van der Waals surface area (Å²) in [6.45, 7) is 1.78. The van der Waals surface area contributed by atoms with E-state index in [1.165, 1.54) is 30.4 Å². The molecule has 1 heterocycles. The topological polar surface area (TPSA) is 29.9 Å². The van der Waals surface area contributed by atoms with E-state index in [1.807, 2.05) is 16.8 Å². The molecule has 1 saturated carbocycles. The molecule has 4 heteroatoms. The molecule has 1 unspecified atom stereocenters. The Morgan fingerprint density at radius 1 is 1.04 bits per heavy atom. The Balaban J connectivity index is 1.46. The number of aromatic nitrogens is 2. The van der Waals surface area contributed by atoms with E-state index < -0.39 is 0 Å². The fourth-order valence-corrected chi connectivity index (χ4v) is 5.20. The minimum atomic E-state index is -0.188. The van der Waals surface area contributed by atoms with Crippen LogP contribution in [0, 0.1) is 24.6 Å². The zero-order chi connectivity index (χ0) is 19.3. The molecule has 2 aromatic carbocycles. The zero-order valence-electron chi connectivity index (χ0n) is 16.5. The van der Waals surface area contributed by atoms with Crippen molar-refractivity contribution >= 4 is 0 Å². The van der Waals surface area contributed by atoms with Crippen LogP contribution in [0.3, 0.4) is 0 Å². The summed E-state index contributed by atoms with van der Waals surface area (Å²) < 4.78 is 15.8. The van der Waals surface area contributed by atoms with Crippen LogP contribution in [0.15, 0.2) is 48.9 Å². The third-order valence-electron chi connectivity index (χ3n) is 6.76. The number of imidazole rings is 1. The van der Waals surface area contributed by atoms with E-state index in [1.54, 1.807) is 25.4 Å². The highest BCUT2D eigenvalue weighted by atomic mass is 19.1. The van der Waals surface area contributed by atoms with E-state index in [0.717, 1.165) is 35.2 Å². The molecular weight excluding hydrogens is 349 g/mol. The van der Waals surface area contributed by atoms with E-state index in [9.17, 15) is 4.39 Å². The number of nitrogens with zero attached hydrogens (tertiary/aromatic N) is 2. The number of nitrogens with one attached hydrogen (secondary N) is 1. The maximum atomic E-state index is 13.9. The first-order valence-electron chi connectivity index (χ1n) is 10.2. The summed E-state index contributed by atoms with van der Waals surface area (Å²) in [6, 6.07) is 12.7. The molecule has 0 aliphatic heterocycles. The molecule has 0 saturated heterocycles. The van der Waals surface area contributed by atoms with Gasteiger partial charge in [0.2, 0.25) is 0 Å². The summed E-state index contributed by atoms with van der Waals surface area (Å²) in [6.07, 6.45) is 8.75. The van der Waals surface area contributed by atoms with Crippen molar-refractivity contribution in [1.82, 2.24) is 14.9 Å². The molecule has 1 aromatic heterocycles. The first kappa shape index (κ1) is 17.6. The van der Waals surface area contributed by atoms with E-state index in [-0.39, 0.29) is 5.82 Å². The maximum Gasteiger partial charge on any atom is 0.128 e. The highest BCUT2D eigenvalue weighted by molar-refractivity contribution is 5.61. The van der Waals surface area contributed by atoms with Gasteiger partial charge in [-0.2, -0.15) is 0 Å². The van der Waals surface area contributed by atoms with Crippen molar-refractivity contribution in [2.45, 2.75) is 38.6 Å². The van der Waals surface area contributed by atoms with Gasteiger partial charge in [-0.3, -0.25) is 0 Å². The summed E-state index contributed by atoms with van der Waals surface area (Å²) in [5.74, 6) is 1.31. The summed E-state index contributed by atoms with van der Waals surface area (Å²) >= 11 is 0. The molecule has 3 nitrogen and oxygen atoms in total. The quantitative estimate of drug-likeness (QED) is 0.719. The second-order valence-electron chi connectivity index (χ2n) is 8.40. The molecule has 5 rings (SSSR count). The lowest BCUT2D eigenvalue weighted by Gasteiger charge is -2.21. The van der Waals surface area contributed by atoms with Crippen molar-refractivity contribution in [2.75, 3.05) is 7.05 Å². The van der Waals surface area contributed by atoms with Gasteiger partial charge in [-0.25, -0.2) is 9.37 Å². The van der Waals surface area contributed by atoms with Gasteiger partial charge < -0.3 is 9.88 Å². The Hall–Kier alpha value is -2.46. The smallest absolute Gasteiger partial charge is 0.128 e. The lowest BCUT2D eigenvalue weighted by molar-refractivity contribution is 0.364. The number of aryl methyl sites for hydroxylation is 1. The standard InChI is InChI=1S/C24H26FN3/c1-15-3-8-21(12-22(15)25)28-13-23(27-14-28)17-5-4-16-9-18-6-7-19(24(18)26-2)11-20(16)10-17/h3-5,8,10,12-14,18-19,24,26H,6-7,9,11H2,1-2H3/t18-,19+,24?/m0/s1. The van der Waals surface area contributed by atoms with E-state index in [0.29, 0.717) is 11.6 Å². The second-order valence-corrected chi connectivity index (χ2v) is 8.40. The van der Waals surface area contributed by atoms with Crippen molar-refractivity contribution in [1.29, 1.82) is 0 Å². The van der Waals surface area contributed by atoms with Crippen LogP contribution in [0.2, 0.25) is 0 Å². The molecule has 0 spiro atoms. The third kappa shape index (κ3) is 2.96. The van der Waals surface area contributed by atoms with Crippen molar-refractivity contribution < 1.29 is 4.39 Å². The van der Waals surface area contributed by atoms with Crippen LogP contribution in [0.5, 0.6) is 0 Å². The molecule has 3 aromatic rings. The number of rotatable bonds is 3. The average Bonchev–Trinajstić information content (AvgIpc) is 3.28. The minimum absolute atomic E-state index is 0.188. The van der Waals surface area contributed by atoms with Gasteiger partial charge in [0.15, 0.2) is 0 Å². The van der Waals surface area contributed by atoms with Gasteiger partial charge >= 0.3 is 0 Å². The lowest BCUT2D eigenvalue weighted by atomic mass is 9.91. The van der Waals surface area contributed by atoms with E-state index >= 15 is 0 Å². The first-order valence-corrected chi connectivity index (χ1v) is 10.2. The highest BCUT2D eigenvalue weighted by Crippen LogP contribution is 2.40. The van der Waals surface area contributed by atoms with Crippen molar-refractivity contribution in [3.63, 3.8) is 0 Å². The van der Waals surface area contributed by atoms with Crippen LogP contribution in [0.1, 0.15) is 29.5 Å². The van der Waals surface area contributed by atoms with Gasteiger partial charge in [-0.15, -0.1) is 0 Å². The maximum absolute atomic E-state index is 13.9. The highest BCUT2D eigenvalue weighted by Gasteiger charge is 2.37. The molecule has 0 radical (unpaired) electrons. The van der Waals surface area contributed by atoms with Gasteiger partial charge in [-0.1, -0.05) is 18.2 Å². The monoisotopic (exact) mass is 375 g/mol. The van der Waals surface area contributed by atoms with Gasteiger partial charge in [0, 0.05) is 23.5 Å².